The molecule has 0 spiro atoms. The van der Waals surface area contributed by atoms with Gasteiger partial charge in [0.15, 0.2) is 0 Å². The normalized spacial score (nSPS) is 17.1. The smallest absolute Gasteiger partial charge is 0.0954 e. The maximum absolute atomic E-state index is 7.31. The van der Waals surface area contributed by atoms with Crippen molar-refractivity contribution in [2.75, 3.05) is 0 Å². The summed E-state index contributed by atoms with van der Waals surface area (Å²) in [6.45, 7) is 2.10. The minimum Gasteiger partial charge on any atom is -0.388 e. The van der Waals surface area contributed by atoms with Crippen LogP contribution in [-0.2, 0) is 12.8 Å². The molecule has 1 aromatic rings. The molecule has 3 N–H and O–H groups in total. The van der Waals surface area contributed by atoms with Gasteiger partial charge in [-0.3, -0.25) is 5.41 Å². The molecule has 82 valence electrons. The van der Waals surface area contributed by atoms with E-state index in [1.54, 1.807) is 0 Å². The van der Waals surface area contributed by atoms with Crippen LogP contribution in [0, 0.1) is 5.41 Å². The first-order chi connectivity index (χ1) is 7.18. The summed E-state index contributed by atoms with van der Waals surface area (Å²) in [5, 5.41) is 7.31. The van der Waals surface area contributed by atoms with Crippen molar-refractivity contribution in [1.29, 1.82) is 5.41 Å². The van der Waals surface area contributed by atoms with Gasteiger partial charge in [-0.1, -0.05) is 0 Å². The Bertz CT molecular complexity index is 367. The molecule has 4 heteroatoms. The molecular weight excluding hydrogens is 188 g/mol. The molecule has 1 heterocycles. The van der Waals surface area contributed by atoms with Crippen molar-refractivity contribution in [2.24, 2.45) is 5.73 Å². The molecule has 4 nitrogen and oxygen atoms in total. The Kier molecular flexibility index (Phi) is 2.75. The van der Waals surface area contributed by atoms with Crippen LogP contribution in [0.2, 0.25) is 0 Å². The van der Waals surface area contributed by atoms with E-state index in [-0.39, 0.29) is 11.9 Å². The fourth-order valence-corrected chi connectivity index (χ4v) is 2.29. The third-order valence-electron chi connectivity index (χ3n) is 3.05. The number of amidine groups is 1. The van der Waals surface area contributed by atoms with E-state index in [2.05, 4.69) is 16.5 Å². The van der Waals surface area contributed by atoms with E-state index in [4.69, 9.17) is 11.1 Å². The van der Waals surface area contributed by atoms with Gasteiger partial charge in [0, 0.05) is 18.2 Å². The first-order valence-electron chi connectivity index (χ1n) is 5.56. The van der Waals surface area contributed by atoms with Gasteiger partial charge in [-0.05, 0) is 32.6 Å². The lowest BCUT2D eigenvalue weighted by atomic mass is 10.0. The summed E-state index contributed by atoms with van der Waals surface area (Å²) >= 11 is 0. The van der Waals surface area contributed by atoms with Gasteiger partial charge in [0.25, 0.3) is 0 Å². The third kappa shape index (κ3) is 2.03. The number of aryl methyl sites for hydroxylation is 1. The summed E-state index contributed by atoms with van der Waals surface area (Å²) in [6.07, 6.45) is 7.26. The van der Waals surface area contributed by atoms with Crippen molar-refractivity contribution in [3.63, 3.8) is 0 Å². The van der Waals surface area contributed by atoms with Crippen molar-refractivity contribution in [1.82, 2.24) is 9.55 Å². The minimum absolute atomic E-state index is 0.251. The van der Waals surface area contributed by atoms with Gasteiger partial charge in [-0.15, -0.1) is 0 Å². The average Bonchev–Trinajstić information content (AvgIpc) is 2.59. The van der Waals surface area contributed by atoms with Crippen LogP contribution in [0.3, 0.4) is 0 Å². The van der Waals surface area contributed by atoms with E-state index in [9.17, 15) is 0 Å². The second-order valence-electron chi connectivity index (χ2n) is 4.33. The van der Waals surface area contributed by atoms with E-state index in [0.717, 1.165) is 12.8 Å². The molecule has 0 radical (unpaired) electrons. The second-order valence-corrected chi connectivity index (χ2v) is 4.33. The summed E-state index contributed by atoms with van der Waals surface area (Å²) < 4.78 is 2.19. The van der Waals surface area contributed by atoms with Crippen LogP contribution >= 0.6 is 0 Å². The Labute approximate surface area is 90.0 Å². The number of nitrogens with two attached hydrogens (primary N) is 1. The van der Waals surface area contributed by atoms with Crippen LogP contribution in [0.5, 0.6) is 0 Å². The highest BCUT2D eigenvalue weighted by molar-refractivity contribution is 5.77. The van der Waals surface area contributed by atoms with E-state index in [1.807, 2.05) is 6.33 Å². The van der Waals surface area contributed by atoms with Gasteiger partial charge < -0.3 is 10.3 Å². The Morgan fingerprint density at radius 3 is 3.07 bits per heavy atom. The van der Waals surface area contributed by atoms with Crippen molar-refractivity contribution < 1.29 is 0 Å². The fourth-order valence-electron chi connectivity index (χ4n) is 2.29. The topological polar surface area (TPSA) is 67.7 Å². The van der Waals surface area contributed by atoms with Gasteiger partial charge in [-0.25, -0.2) is 4.98 Å². The number of aromatic nitrogens is 2. The second kappa shape index (κ2) is 4.04. The summed E-state index contributed by atoms with van der Waals surface area (Å²) in [5.41, 5.74) is 8.03. The maximum atomic E-state index is 7.31. The van der Waals surface area contributed by atoms with Gasteiger partial charge in [0.05, 0.1) is 17.9 Å². The highest BCUT2D eigenvalue weighted by Crippen LogP contribution is 2.23. The quantitative estimate of drug-likeness (QED) is 0.583. The number of nitrogens with one attached hydrogen (secondary N) is 1. The predicted molar refractivity (Wildman–Crippen MR) is 60.1 cm³/mol. The van der Waals surface area contributed by atoms with E-state index >= 15 is 0 Å². The Morgan fingerprint density at radius 2 is 2.33 bits per heavy atom. The molecule has 0 bridgehead atoms. The lowest BCUT2D eigenvalue weighted by Gasteiger charge is -2.18. The summed E-state index contributed by atoms with van der Waals surface area (Å²) in [5.74, 6) is 0.251. The van der Waals surface area contributed by atoms with E-state index in [1.165, 1.54) is 24.2 Å². The zero-order chi connectivity index (χ0) is 10.8. The van der Waals surface area contributed by atoms with Crippen LogP contribution in [0.1, 0.15) is 43.6 Å². The SMILES string of the molecule is CC(CC(=N)N)n1cnc2c1CCCC2. The highest BCUT2D eigenvalue weighted by Gasteiger charge is 2.18. The third-order valence-corrected chi connectivity index (χ3v) is 3.05. The molecule has 1 aliphatic carbocycles. The molecule has 1 unspecified atom stereocenters. The molecule has 1 aromatic heterocycles. The molecule has 2 rings (SSSR count). The lowest BCUT2D eigenvalue weighted by Crippen LogP contribution is -2.18. The van der Waals surface area contributed by atoms with Gasteiger partial charge in [0.2, 0.25) is 0 Å². The van der Waals surface area contributed by atoms with Gasteiger partial charge in [-0.2, -0.15) is 0 Å². The molecule has 0 amide bonds. The zero-order valence-electron chi connectivity index (χ0n) is 9.16. The van der Waals surface area contributed by atoms with Crippen molar-refractivity contribution in [3.8, 4) is 0 Å². The van der Waals surface area contributed by atoms with Crippen molar-refractivity contribution >= 4 is 5.84 Å². The lowest BCUT2D eigenvalue weighted by molar-refractivity contribution is 0.524. The van der Waals surface area contributed by atoms with E-state index < -0.39 is 0 Å². The van der Waals surface area contributed by atoms with Gasteiger partial charge in [0.1, 0.15) is 0 Å². The van der Waals surface area contributed by atoms with Crippen LogP contribution < -0.4 is 5.73 Å². The molecule has 1 atom stereocenters. The standard InChI is InChI=1S/C11H18N4/c1-8(6-11(12)13)15-7-14-9-4-2-3-5-10(9)15/h7-8H,2-6H2,1H3,(H3,12,13). The molecule has 0 saturated heterocycles. The first kappa shape index (κ1) is 10.2. The van der Waals surface area contributed by atoms with Crippen molar-refractivity contribution in [2.45, 2.75) is 45.1 Å². The van der Waals surface area contributed by atoms with Crippen LogP contribution in [0.15, 0.2) is 6.33 Å². The highest BCUT2D eigenvalue weighted by atomic mass is 15.1. The number of nitrogens with zero attached hydrogens (tertiary/aromatic N) is 2. The average molecular weight is 206 g/mol. The van der Waals surface area contributed by atoms with Gasteiger partial charge >= 0.3 is 0 Å². The maximum Gasteiger partial charge on any atom is 0.0954 e. The zero-order valence-corrected chi connectivity index (χ0v) is 9.16. The number of hydrogen-bond acceptors (Lipinski definition) is 2. The Hall–Kier alpha value is -1.32. The first-order valence-corrected chi connectivity index (χ1v) is 5.56. The predicted octanol–water partition coefficient (Wildman–Crippen LogP) is 1.65. The molecular formula is C11H18N4. The number of hydrogen-bond donors (Lipinski definition) is 2. The molecule has 0 aliphatic heterocycles. The largest absolute Gasteiger partial charge is 0.388 e. The fraction of sp³-hybridized carbons (Fsp3) is 0.636. The van der Waals surface area contributed by atoms with Crippen molar-refractivity contribution in [3.05, 3.63) is 17.7 Å². The molecule has 15 heavy (non-hydrogen) atoms. The summed E-state index contributed by atoms with van der Waals surface area (Å²) in [4.78, 5) is 4.44. The Balaban J connectivity index is 2.20. The molecule has 1 aliphatic rings. The number of imidazole rings is 1. The molecule has 0 saturated carbocycles. The van der Waals surface area contributed by atoms with E-state index in [0.29, 0.717) is 6.42 Å². The summed E-state index contributed by atoms with van der Waals surface area (Å²) in [7, 11) is 0. The molecule has 0 aromatic carbocycles. The Morgan fingerprint density at radius 1 is 1.60 bits per heavy atom. The number of fused-ring (bicyclic) bond motifs is 1. The minimum atomic E-state index is 0.251. The monoisotopic (exact) mass is 206 g/mol. The summed E-state index contributed by atoms with van der Waals surface area (Å²) in [6, 6.07) is 0.261. The van der Waals surface area contributed by atoms with Crippen LogP contribution in [0.25, 0.3) is 0 Å². The van der Waals surface area contributed by atoms with Crippen LogP contribution in [0.4, 0.5) is 0 Å². The number of rotatable bonds is 3. The van der Waals surface area contributed by atoms with Crippen LogP contribution in [-0.4, -0.2) is 15.4 Å². The molecule has 0 fully saturated rings.